The van der Waals surface area contributed by atoms with Crippen molar-refractivity contribution in [2.75, 3.05) is 0 Å². The quantitative estimate of drug-likeness (QED) is 0.203. The first-order chi connectivity index (χ1) is 14.2. The van der Waals surface area contributed by atoms with Crippen LogP contribution in [-0.4, -0.2) is 0 Å². The van der Waals surface area contributed by atoms with Crippen LogP contribution in [0.4, 0.5) is 0 Å². The molecule has 0 aromatic heterocycles. The van der Waals surface area contributed by atoms with Crippen LogP contribution in [0.2, 0.25) is 10.0 Å². The first-order valence-corrected chi connectivity index (χ1v) is 12.4. The van der Waals surface area contributed by atoms with E-state index in [9.17, 15) is 0 Å². The Morgan fingerprint density at radius 1 is 0.517 bits per heavy atom. The molecule has 0 unspecified atom stereocenters. The number of rotatable bonds is 4. The van der Waals surface area contributed by atoms with Gasteiger partial charge >= 0.3 is 0 Å². The van der Waals surface area contributed by atoms with Crippen molar-refractivity contribution >= 4 is 63.0 Å². The van der Waals surface area contributed by atoms with Gasteiger partial charge in [-0.25, -0.2) is 0 Å². The summed E-state index contributed by atoms with van der Waals surface area (Å²) in [7, 11) is -0.446. The Morgan fingerprint density at radius 3 is 1.14 bits per heavy atom. The van der Waals surface area contributed by atoms with E-state index in [1.54, 1.807) is 0 Å². The van der Waals surface area contributed by atoms with Gasteiger partial charge in [-0.05, 0) is 41.5 Å². The minimum atomic E-state index is -0.446. The third-order valence-electron chi connectivity index (χ3n) is 4.24. The van der Waals surface area contributed by atoms with Gasteiger partial charge in [0, 0.05) is 15.4 Å². The monoisotopic (exact) mass is 500 g/mol. The van der Waals surface area contributed by atoms with Crippen molar-refractivity contribution < 1.29 is 0 Å². The highest BCUT2D eigenvalue weighted by molar-refractivity contribution is 9.08. The van der Waals surface area contributed by atoms with E-state index in [1.807, 2.05) is 18.2 Å². The molecule has 146 valence electrons. The molecule has 0 fully saturated rings. The summed E-state index contributed by atoms with van der Waals surface area (Å²) in [5.41, 5.74) is 0.950. The highest BCUT2D eigenvalue weighted by atomic mass is 79.9. The lowest BCUT2D eigenvalue weighted by Crippen LogP contribution is -2.20. The largest absolute Gasteiger partial charge is 0.0875 e. The molecule has 0 spiro atoms. The molecular formula is C25H20BrCl2P. The minimum absolute atomic E-state index is 0.446. The van der Waals surface area contributed by atoms with E-state index in [1.165, 1.54) is 15.9 Å². The number of benzene rings is 4. The van der Waals surface area contributed by atoms with Crippen molar-refractivity contribution in [3.63, 3.8) is 0 Å². The zero-order valence-electron chi connectivity index (χ0n) is 15.7. The van der Waals surface area contributed by atoms with Crippen molar-refractivity contribution in [1.29, 1.82) is 0 Å². The maximum Gasteiger partial charge on any atom is 0.0461 e. The normalized spacial score (nSPS) is 10.3. The fourth-order valence-electron chi connectivity index (χ4n) is 2.84. The van der Waals surface area contributed by atoms with Crippen molar-refractivity contribution in [3.8, 4) is 0 Å². The van der Waals surface area contributed by atoms with Crippen molar-refractivity contribution in [1.82, 2.24) is 0 Å². The average molecular weight is 502 g/mol. The SMILES string of the molecule is Clc1cccc(Cl)c1CBr.c1ccc(P(c2ccccc2)c2ccccc2)cc1. The Morgan fingerprint density at radius 2 is 0.862 bits per heavy atom. The standard InChI is InChI=1S/C18H15P.C7H5BrCl2/c1-4-10-16(11-5-1)19(17-12-6-2-7-13-17)18-14-8-3-9-15-18;8-4-5-6(9)2-1-3-7(5)10/h1-15H;1-3H,4H2. The number of hydrogen-bond acceptors (Lipinski definition) is 0. The second kappa shape index (κ2) is 11.5. The maximum absolute atomic E-state index is 5.82. The lowest BCUT2D eigenvalue weighted by atomic mass is 10.2. The van der Waals surface area contributed by atoms with Crippen molar-refractivity contribution in [2.24, 2.45) is 0 Å². The number of halogens is 3. The molecule has 0 heterocycles. The minimum Gasteiger partial charge on any atom is -0.0875 e. The summed E-state index contributed by atoms with van der Waals surface area (Å²) in [6.07, 6.45) is 0. The molecule has 29 heavy (non-hydrogen) atoms. The molecule has 0 aliphatic carbocycles. The topological polar surface area (TPSA) is 0 Å². The van der Waals surface area contributed by atoms with Gasteiger partial charge in [0.1, 0.15) is 0 Å². The van der Waals surface area contributed by atoms with E-state index in [0.717, 1.165) is 5.56 Å². The first-order valence-electron chi connectivity index (χ1n) is 9.15. The van der Waals surface area contributed by atoms with E-state index in [2.05, 4.69) is 107 Å². The van der Waals surface area contributed by atoms with E-state index in [4.69, 9.17) is 23.2 Å². The van der Waals surface area contributed by atoms with Gasteiger partial charge in [-0.3, -0.25) is 0 Å². The molecule has 4 heteroatoms. The predicted octanol–water partition coefficient (Wildman–Crippen LogP) is 7.33. The van der Waals surface area contributed by atoms with Crippen LogP contribution in [-0.2, 0) is 5.33 Å². The molecule has 0 radical (unpaired) electrons. The third kappa shape index (κ3) is 6.17. The summed E-state index contributed by atoms with van der Waals surface area (Å²) in [6, 6.07) is 37.8. The highest BCUT2D eigenvalue weighted by Crippen LogP contribution is 2.32. The Balaban J connectivity index is 0.000000204. The average Bonchev–Trinajstić information content (AvgIpc) is 2.77. The molecule has 0 saturated carbocycles. The Hall–Kier alpha value is -1.63. The van der Waals surface area contributed by atoms with Gasteiger partial charge < -0.3 is 0 Å². The Bertz CT molecular complexity index is 895. The van der Waals surface area contributed by atoms with E-state index in [0.29, 0.717) is 15.4 Å². The van der Waals surface area contributed by atoms with Gasteiger partial charge in [0.05, 0.1) is 0 Å². The van der Waals surface area contributed by atoms with Crippen LogP contribution < -0.4 is 15.9 Å². The zero-order valence-corrected chi connectivity index (χ0v) is 19.7. The molecule has 4 rings (SSSR count). The zero-order chi connectivity index (χ0) is 20.5. The highest BCUT2D eigenvalue weighted by Gasteiger charge is 2.14. The smallest absolute Gasteiger partial charge is 0.0461 e. The second-order valence-electron chi connectivity index (χ2n) is 6.18. The van der Waals surface area contributed by atoms with Gasteiger partial charge in [-0.1, -0.05) is 136 Å². The van der Waals surface area contributed by atoms with E-state index >= 15 is 0 Å². The third-order valence-corrected chi connectivity index (χ3v) is 7.95. The molecule has 4 aromatic carbocycles. The van der Waals surface area contributed by atoms with Gasteiger partial charge in [0.15, 0.2) is 0 Å². The summed E-state index contributed by atoms with van der Waals surface area (Å²) in [6.45, 7) is 0. The van der Waals surface area contributed by atoms with Crippen LogP contribution in [0, 0.1) is 0 Å². The van der Waals surface area contributed by atoms with Crippen molar-refractivity contribution in [3.05, 3.63) is 125 Å². The first kappa shape index (κ1) is 22.1. The summed E-state index contributed by atoms with van der Waals surface area (Å²) in [4.78, 5) is 0. The molecule has 0 saturated heterocycles. The van der Waals surface area contributed by atoms with E-state index in [-0.39, 0.29) is 0 Å². The molecule has 0 bridgehead atoms. The van der Waals surface area contributed by atoms with Crippen LogP contribution in [0.1, 0.15) is 5.56 Å². The Kier molecular flexibility index (Phi) is 8.77. The predicted molar refractivity (Wildman–Crippen MR) is 134 cm³/mol. The fraction of sp³-hybridized carbons (Fsp3) is 0.0400. The molecule has 0 aliphatic rings. The lowest BCUT2D eigenvalue weighted by Gasteiger charge is -2.18. The Labute approximate surface area is 192 Å². The van der Waals surface area contributed by atoms with Crippen LogP contribution in [0.25, 0.3) is 0 Å². The van der Waals surface area contributed by atoms with Gasteiger partial charge in [-0.2, -0.15) is 0 Å². The molecule has 0 atom stereocenters. The van der Waals surface area contributed by atoms with Crippen LogP contribution in [0.5, 0.6) is 0 Å². The lowest BCUT2D eigenvalue weighted by molar-refractivity contribution is 1.44. The van der Waals surface area contributed by atoms with Crippen LogP contribution in [0.3, 0.4) is 0 Å². The van der Waals surface area contributed by atoms with E-state index < -0.39 is 7.92 Å². The van der Waals surface area contributed by atoms with Crippen LogP contribution >= 0.6 is 47.1 Å². The number of alkyl halides is 1. The summed E-state index contributed by atoms with van der Waals surface area (Å²) >= 11 is 14.9. The van der Waals surface area contributed by atoms with Crippen molar-refractivity contribution in [2.45, 2.75) is 5.33 Å². The summed E-state index contributed by atoms with van der Waals surface area (Å²) in [5.74, 6) is 0. The molecule has 4 aromatic rings. The van der Waals surface area contributed by atoms with Crippen LogP contribution in [0.15, 0.2) is 109 Å². The molecule has 0 nitrogen and oxygen atoms in total. The number of hydrogen-bond donors (Lipinski definition) is 0. The molecule has 0 amide bonds. The molecule has 0 aliphatic heterocycles. The van der Waals surface area contributed by atoms with Gasteiger partial charge in [0.25, 0.3) is 0 Å². The second-order valence-corrected chi connectivity index (χ2v) is 9.77. The summed E-state index contributed by atoms with van der Waals surface area (Å²) in [5, 5.41) is 6.32. The van der Waals surface area contributed by atoms with Gasteiger partial charge in [0.2, 0.25) is 0 Å². The molecular weight excluding hydrogens is 482 g/mol. The maximum atomic E-state index is 5.82. The fourth-order valence-corrected chi connectivity index (χ4v) is 6.60. The summed E-state index contributed by atoms with van der Waals surface area (Å²) < 4.78 is 0. The molecule has 0 N–H and O–H groups in total. The van der Waals surface area contributed by atoms with Gasteiger partial charge in [-0.15, -0.1) is 0 Å².